The fourth-order valence-electron chi connectivity index (χ4n) is 1.91. The smallest absolute Gasteiger partial charge is 0.0869 e. The molecule has 0 heterocycles. The van der Waals surface area contributed by atoms with Crippen LogP contribution in [0.1, 0.15) is 19.8 Å². The van der Waals surface area contributed by atoms with Gasteiger partial charge in [0.1, 0.15) is 0 Å². The fourth-order valence-corrected chi connectivity index (χ4v) is 1.91. The Morgan fingerprint density at radius 1 is 1.47 bits per heavy atom. The first-order chi connectivity index (χ1) is 7.91. The van der Waals surface area contributed by atoms with E-state index in [1.54, 1.807) is 7.11 Å². The molecule has 104 valence electrons. The zero-order valence-corrected chi connectivity index (χ0v) is 11.7. The maximum Gasteiger partial charge on any atom is 0.0869 e. The summed E-state index contributed by atoms with van der Waals surface area (Å²) in [6, 6.07) is 0.261. The number of aliphatic hydroxyl groups is 1. The maximum absolute atomic E-state index is 10.2. The van der Waals surface area contributed by atoms with Crippen LogP contribution in [0.4, 0.5) is 0 Å². The standard InChI is InChI=1S/C12H29N3O2/c1-12(16,10-15(2)3)9-14-11(8-17-4)6-5-7-13/h11,14,16H,5-10,13H2,1-4H3. The number of rotatable bonds is 10. The molecule has 0 fully saturated rings. The predicted octanol–water partition coefficient (Wildman–Crippen LogP) is -0.357. The quantitative estimate of drug-likeness (QED) is 0.492. The van der Waals surface area contributed by atoms with Gasteiger partial charge in [0, 0.05) is 26.2 Å². The minimum absolute atomic E-state index is 0.261. The minimum atomic E-state index is -0.724. The lowest BCUT2D eigenvalue weighted by Crippen LogP contribution is -2.49. The second-order valence-corrected chi connectivity index (χ2v) is 5.20. The van der Waals surface area contributed by atoms with Crippen molar-refractivity contribution in [1.82, 2.24) is 10.2 Å². The van der Waals surface area contributed by atoms with E-state index in [0.29, 0.717) is 26.2 Å². The zero-order chi connectivity index (χ0) is 13.3. The van der Waals surface area contributed by atoms with Crippen molar-refractivity contribution < 1.29 is 9.84 Å². The molecule has 0 rings (SSSR count). The molecule has 2 atom stereocenters. The van der Waals surface area contributed by atoms with Crippen molar-refractivity contribution in [2.24, 2.45) is 5.73 Å². The molecule has 0 aromatic heterocycles. The number of nitrogens with one attached hydrogen (secondary N) is 1. The molecule has 0 radical (unpaired) electrons. The number of nitrogens with zero attached hydrogens (tertiary/aromatic N) is 1. The number of hydrogen-bond acceptors (Lipinski definition) is 5. The number of hydrogen-bond donors (Lipinski definition) is 3. The second kappa shape index (κ2) is 8.83. The molecule has 0 amide bonds. The highest BCUT2D eigenvalue weighted by Gasteiger charge is 2.22. The summed E-state index contributed by atoms with van der Waals surface area (Å²) in [5.41, 5.74) is 4.77. The van der Waals surface area contributed by atoms with Gasteiger partial charge in [-0.3, -0.25) is 0 Å². The molecular formula is C12H29N3O2. The van der Waals surface area contributed by atoms with Crippen LogP contribution in [-0.4, -0.2) is 69.1 Å². The van der Waals surface area contributed by atoms with Crippen molar-refractivity contribution in [2.75, 3.05) is 47.4 Å². The molecule has 0 aliphatic heterocycles. The van der Waals surface area contributed by atoms with E-state index in [2.05, 4.69) is 5.32 Å². The Kier molecular flexibility index (Phi) is 8.72. The van der Waals surface area contributed by atoms with Gasteiger partial charge in [-0.05, 0) is 40.4 Å². The normalized spacial score (nSPS) is 17.1. The van der Waals surface area contributed by atoms with E-state index in [4.69, 9.17) is 10.5 Å². The van der Waals surface area contributed by atoms with Gasteiger partial charge in [-0.15, -0.1) is 0 Å². The van der Waals surface area contributed by atoms with Gasteiger partial charge in [-0.2, -0.15) is 0 Å². The highest BCUT2D eigenvalue weighted by Crippen LogP contribution is 2.05. The number of likely N-dealkylation sites (N-methyl/N-ethyl adjacent to an activating group) is 1. The first kappa shape index (κ1) is 16.8. The molecule has 0 aromatic rings. The third-order valence-electron chi connectivity index (χ3n) is 2.55. The van der Waals surface area contributed by atoms with E-state index >= 15 is 0 Å². The van der Waals surface area contributed by atoms with Crippen LogP contribution in [-0.2, 0) is 4.74 Å². The molecule has 5 heteroatoms. The molecule has 4 N–H and O–H groups in total. The monoisotopic (exact) mass is 247 g/mol. The van der Waals surface area contributed by atoms with Crippen LogP contribution in [0.2, 0.25) is 0 Å². The molecule has 0 saturated carbocycles. The second-order valence-electron chi connectivity index (χ2n) is 5.20. The van der Waals surface area contributed by atoms with Crippen LogP contribution >= 0.6 is 0 Å². The first-order valence-electron chi connectivity index (χ1n) is 6.21. The first-order valence-corrected chi connectivity index (χ1v) is 6.21. The highest BCUT2D eigenvalue weighted by atomic mass is 16.5. The van der Waals surface area contributed by atoms with Gasteiger partial charge in [0.2, 0.25) is 0 Å². The van der Waals surface area contributed by atoms with E-state index < -0.39 is 5.60 Å². The van der Waals surface area contributed by atoms with Crippen molar-refractivity contribution in [1.29, 1.82) is 0 Å². The molecule has 0 spiro atoms. The highest BCUT2D eigenvalue weighted by molar-refractivity contribution is 4.80. The van der Waals surface area contributed by atoms with Gasteiger partial charge in [-0.1, -0.05) is 0 Å². The van der Waals surface area contributed by atoms with Gasteiger partial charge in [0.15, 0.2) is 0 Å². The summed E-state index contributed by atoms with van der Waals surface area (Å²) in [6.45, 7) is 4.38. The summed E-state index contributed by atoms with van der Waals surface area (Å²) in [4.78, 5) is 1.98. The Balaban J connectivity index is 4.00. The summed E-state index contributed by atoms with van der Waals surface area (Å²) in [6.07, 6.45) is 1.94. The Hall–Kier alpha value is -0.200. The summed E-state index contributed by atoms with van der Waals surface area (Å²) in [5.74, 6) is 0. The zero-order valence-electron chi connectivity index (χ0n) is 11.7. The topological polar surface area (TPSA) is 70.8 Å². The molecule has 0 aliphatic rings. The Morgan fingerprint density at radius 2 is 2.12 bits per heavy atom. The molecule has 0 aromatic carbocycles. The number of methoxy groups -OCH3 is 1. The van der Waals surface area contributed by atoms with Crippen LogP contribution in [0.15, 0.2) is 0 Å². The van der Waals surface area contributed by atoms with E-state index in [-0.39, 0.29) is 6.04 Å². The van der Waals surface area contributed by atoms with E-state index in [1.807, 2.05) is 25.9 Å². The van der Waals surface area contributed by atoms with E-state index in [0.717, 1.165) is 12.8 Å². The van der Waals surface area contributed by atoms with Crippen LogP contribution in [0, 0.1) is 0 Å². The molecule has 2 unspecified atom stereocenters. The molecule has 0 aliphatic carbocycles. The van der Waals surface area contributed by atoms with Gasteiger partial charge in [-0.25, -0.2) is 0 Å². The van der Waals surface area contributed by atoms with Gasteiger partial charge in [0.05, 0.1) is 12.2 Å². The molecule has 0 bridgehead atoms. The Labute approximate surface area is 105 Å². The average molecular weight is 247 g/mol. The van der Waals surface area contributed by atoms with Gasteiger partial charge < -0.3 is 25.8 Å². The fraction of sp³-hybridized carbons (Fsp3) is 1.00. The van der Waals surface area contributed by atoms with Crippen LogP contribution < -0.4 is 11.1 Å². The molecule has 5 nitrogen and oxygen atoms in total. The van der Waals surface area contributed by atoms with Crippen molar-refractivity contribution in [3.8, 4) is 0 Å². The van der Waals surface area contributed by atoms with Crippen LogP contribution in [0.3, 0.4) is 0 Å². The summed E-state index contributed by atoms with van der Waals surface area (Å²) < 4.78 is 5.15. The largest absolute Gasteiger partial charge is 0.388 e. The average Bonchev–Trinajstić information content (AvgIpc) is 2.20. The third kappa shape index (κ3) is 9.50. The predicted molar refractivity (Wildman–Crippen MR) is 71.1 cm³/mol. The SMILES string of the molecule is COCC(CCCN)NCC(C)(O)CN(C)C. The summed E-state index contributed by atoms with van der Waals surface area (Å²) >= 11 is 0. The summed E-state index contributed by atoms with van der Waals surface area (Å²) in [5, 5.41) is 13.5. The van der Waals surface area contributed by atoms with Crippen LogP contribution in [0.5, 0.6) is 0 Å². The van der Waals surface area contributed by atoms with Crippen molar-refractivity contribution >= 4 is 0 Å². The summed E-state index contributed by atoms with van der Waals surface area (Å²) in [7, 11) is 5.60. The lowest BCUT2D eigenvalue weighted by molar-refractivity contribution is 0.0275. The maximum atomic E-state index is 10.2. The van der Waals surface area contributed by atoms with Crippen molar-refractivity contribution in [3.63, 3.8) is 0 Å². The molecule has 0 saturated heterocycles. The molecular weight excluding hydrogens is 218 g/mol. The van der Waals surface area contributed by atoms with E-state index in [9.17, 15) is 5.11 Å². The van der Waals surface area contributed by atoms with Crippen molar-refractivity contribution in [2.45, 2.75) is 31.4 Å². The molecule has 17 heavy (non-hydrogen) atoms. The van der Waals surface area contributed by atoms with E-state index in [1.165, 1.54) is 0 Å². The third-order valence-corrected chi connectivity index (χ3v) is 2.55. The van der Waals surface area contributed by atoms with Crippen molar-refractivity contribution in [3.05, 3.63) is 0 Å². The number of nitrogens with two attached hydrogens (primary N) is 1. The lowest BCUT2D eigenvalue weighted by atomic mass is 10.1. The Morgan fingerprint density at radius 3 is 2.59 bits per heavy atom. The van der Waals surface area contributed by atoms with Gasteiger partial charge >= 0.3 is 0 Å². The number of ether oxygens (including phenoxy) is 1. The Bertz CT molecular complexity index is 187. The van der Waals surface area contributed by atoms with Crippen LogP contribution in [0.25, 0.3) is 0 Å². The van der Waals surface area contributed by atoms with Gasteiger partial charge in [0.25, 0.3) is 0 Å². The minimum Gasteiger partial charge on any atom is -0.388 e. The lowest BCUT2D eigenvalue weighted by Gasteiger charge is -2.29.